The first-order valence-electron chi connectivity index (χ1n) is 7.24. The van der Waals surface area contributed by atoms with Crippen LogP contribution in [0.3, 0.4) is 0 Å². The number of carbonyl (C=O) groups is 1. The minimum atomic E-state index is -0.251. The SMILES string of the molecule is Cc1ccc(NC(=O)COc2ncnc3oc(C)c(C)c23)cc1. The summed E-state index contributed by atoms with van der Waals surface area (Å²) in [6.45, 7) is 5.61. The highest BCUT2D eigenvalue weighted by Gasteiger charge is 2.15. The van der Waals surface area contributed by atoms with E-state index in [1.807, 2.05) is 45.0 Å². The van der Waals surface area contributed by atoms with Crippen LogP contribution < -0.4 is 10.1 Å². The van der Waals surface area contributed by atoms with Crippen LogP contribution in [-0.2, 0) is 4.79 Å². The van der Waals surface area contributed by atoms with Gasteiger partial charge in [0, 0.05) is 11.3 Å². The van der Waals surface area contributed by atoms with E-state index >= 15 is 0 Å². The van der Waals surface area contributed by atoms with Crippen molar-refractivity contribution in [1.29, 1.82) is 0 Å². The lowest BCUT2D eigenvalue weighted by Crippen LogP contribution is -2.20. The Morgan fingerprint density at radius 3 is 2.65 bits per heavy atom. The molecule has 0 fully saturated rings. The second kappa shape index (κ2) is 6.08. The summed E-state index contributed by atoms with van der Waals surface area (Å²) in [5.41, 5.74) is 3.24. The van der Waals surface area contributed by atoms with Crippen LogP contribution in [0.2, 0.25) is 0 Å². The van der Waals surface area contributed by atoms with Gasteiger partial charge in [-0.1, -0.05) is 17.7 Å². The van der Waals surface area contributed by atoms with Crippen molar-refractivity contribution in [3.8, 4) is 5.88 Å². The number of hydrogen-bond donors (Lipinski definition) is 1. The van der Waals surface area contributed by atoms with E-state index in [9.17, 15) is 4.79 Å². The lowest BCUT2D eigenvalue weighted by Gasteiger charge is -2.07. The van der Waals surface area contributed by atoms with Gasteiger partial charge >= 0.3 is 0 Å². The number of ether oxygens (including phenoxy) is 1. The number of nitrogens with zero attached hydrogens (tertiary/aromatic N) is 2. The van der Waals surface area contributed by atoms with Crippen LogP contribution >= 0.6 is 0 Å². The number of amides is 1. The number of benzene rings is 1. The van der Waals surface area contributed by atoms with Crippen LogP contribution in [0.25, 0.3) is 11.1 Å². The number of aryl methyl sites for hydroxylation is 3. The van der Waals surface area contributed by atoms with E-state index in [-0.39, 0.29) is 12.5 Å². The Balaban J connectivity index is 1.71. The van der Waals surface area contributed by atoms with E-state index in [1.165, 1.54) is 6.33 Å². The molecule has 1 aromatic carbocycles. The summed E-state index contributed by atoms with van der Waals surface area (Å²) in [4.78, 5) is 20.2. The molecule has 3 rings (SSSR count). The van der Waals surface area contributed by atoms with E-state index in [0.717, 1.165) is 22.6 Å². The molecule has 0 saturated carbocycles. The molecular weight excluding hydrogens is 294 g/mol. The minimum Gasteiger partial charge on any atom is -0.467 e. The van der Waals surface area contributed by atoms with Crippen molar-refractivity contribution >= 4 is 22.7 Å². The Labute approximate surface area is 133 Å². The van der Waals surface area contributed by atoms with Gasteiger partial charge < -0.3 is 14.5 Å². The highest BCUT2D eigenvalue weighted by atomic mass is 16.5. The molecular formula is C17H17N3O3. The largest absolute Gasteiger partial charge is 0.467 e. The number of nitrogens with one attached hydrogen (secondary N) is 1. The van der Waals surface area contributed by atoms with Crippen LogP contribution in [0.5, 0.6) is 5.88 Å². The van der Waals surface area contributed by atoms with E-state index in [2.05, 4.69) is 15.3 Å². The maximum Gasteiger partial charge on any atom is 0.262 e. The molecule has 0 radical (unpaired) electrons. The van der Waals surface area contributed by atoms with E-state index in [4.69, 9.17) is 9.15 Å². The summed E-state index contributed by atoms with van der Waals surface area (Å²) in [6, 6.07) is 7.56. The Kier molecular flexibility index (Phi) is 3.97. The Bertz CT molecular complexity index is 853. The van der Waals surface area contributed by atoms with Crippen molar-refractivity contribution in [2.75, 3.05) is 11.9 Å². The third-order valence-electron chi connectivity index (χ3n) is 3.61. The number of hydrogen-bond acceptors (Lipinski definition) is 5. The van der Waals surface area contributed by atoms with Crippen molar-refractivity contribution in [3.05, 3.63) is 47.5 Å². The van der Waals surface area contributed by atoms with Crippen molar-refractivity contribution in [2.24, 2.45) is 0 Å². The molecule has 23 heavy (non-hydrogen) atoms. The zero-order valence-corrected chi connectivity index (χ0v) is 13.2. The summed E-state index contributed by atoms with van der Waals surface area (Å²) in [7, 11) is 0. The Morgan fingerprint density at radius 2 is 1.91 bits per heavy atom. The molecule has 3 aromatic rings. The molecule has 0 bridgehead atoms. The van der Waals surface area contributed by atoms with Crippen LogP contribution in [0.15, 0.2) is 35.0 Å². The molecule has 0 spiro atoms. The molecule has 0 aliphatic heterocycles. The van der Waals surface area contributed by atoms with Gasteiger partial charge in [-0.15, -0.1) is 0 Å². The number of fused-ring (bicyclic) bond motifs is 1. The second-order valence-corrected chi connectivity index (χ2v) is 5.35. The summed E-state index contributed by atoms with van der Waals surface area (Å²) in [6.07, 6.45) is 1.36. The molecule has 1 amide bonds. The zero-order chi connectivity index (χ0) is 16.4. The molecule has 0 unspecified atom stereocenters. The number of rotatable bonds is 4. The van der Waals surface area contributed by atoms with E-state index in [0.29, 0.717) is 17.0 Å². The fraction of sp³-hybridized carbons (Fsp3) is 0.235. The van der Waals surface area contributed by atoms with Gasteiger partial charge in [0.15, 0.2) is 6.61 Å². The quantitative estimate of drug-likeness (QED) is 0.801. The molecule has 1 N–H and O–H groups in total. The summed E-state index contributed by atoms with van der Waals surface area (Å²) < 4.78 is 11.1. The lowest BCUT2D eigenvalue weighted by atomic mass is 10.2. The van der Waals surface area contributed by atoms with Gasteiger partial charge in [-0.2, -0.15) is 0 Å². The Hall–Kier alpha value is -2.89. The van der Waals surface area contributed by atoms with Gasteiger partial charge in [0.1, 0.15) is 17.5 Å². The molecule has 6 nitrogen and oxygen atoms in total. The maximum atomic E-state index is 12.0. The normalized spacial score (nSPS) is 10.7. The van der Waals surface area contributed by atoms with Gasteiger partial charge in [-0.05, 0) is 32.9 Å². The molecule has 0 aliphatic carbocycles. The van der Waals surface area contributed by atoms with Crippen molar-refractivity contribution in [1.82, 2.24) is 9.97 Å². The third kappa shape index (κ3) is 3.15. The van der Waals surface area contributed by atoms with Crippen LogP contribution in [0, 0.1) is 20.8 Å². The smallest absolute Gasteiger partial charge is 0.262 e. The minimum absolute atomic E-state index is 0.135. The molecule has 6 heteroatoms. The van der Waals surface area contributed by atoms with Gasteiger partial charge in [-0.3, -0.25) is 4.79 Å². The number of anilines is 1. The first kappa shape index (κ1) is 15.0. The zero-order valence-electron chi connectivity index (χ0n) is 13.2. The first-order chi connectivity index (χ1) is 11.0. The van der Waals surface area contributed by atoms with Gasteiger partial charge in [-0.25, -0.2) is 9.97 Å². The van der Waals surface area contributed by atoms with Gasteiger partial charge in [0.05, 0.1) is 0 Å². The fourth-order valence-corrected chi connectivity index (χ4v) is 2.23. The predicted molar refractivity (Wildman–Crippen MR) is 86.6 cm³/mol. The number of aromatic nitrogens is 2. The van der Waals surface area contributed by atoms with Crippen LogP contribution in [0.1, 0.15) is 16.9 Å². The van der Waals surface area contributed by atoms with E-state index in [1.54, 1.807) is 0 Å². The number of furan rings is 1. The highest BCUT2D eigenvalue weighted by Crippen LogP contribution is 2.29. The maximum absolute atomic E-state index is 12.0. The van der Waals surface area contributed by atoms with Gasteiger partial charge in [0.25, 0.3) is 5.91 Å². The molecule has 2 heterocycles. The summed E-state index contributed by atoms with van der Waals surface area (Å²) in [5.74, 6) is 0.858. The number of carbonyl (C=O) groups excluding carboxylic acids is 1. The first-order valence-corrected chi connectivity index (χ1v) is 7.24. The van der Waals surface area contributed by atoms with E-state index < -0.39 is 0 Å². The molecule has 0 atom stereocenters. The van der Waals surface area contributed by atoms with Gasteiger partial charge in [0.2, 0.25) is 11.6 Å². The topological polar surface area (TPSA) is 77.2 Å². The Morgan fingerprint density at radius 1 is 1.17 bits per heavy atom. The third-order valence-corrected chi connectivity index (χ3v) is 3.61. The monoisotopic (exact) mass is 311 g/mol. The lowest BCUT2D eigenvalue weighted by molar-refractivity contribution is -0.118. The van der Waals surface area contributed by atoms with Crippen molar-refractivity contribution < 1.29 is 13.9 Å². The standard InChI is InChI=1S/C17H17N3O3/c1-10-4-6-13(7-5-10)20-14(21)8-22-16-15-11(2)12(3)23-17(15)19-9-18-16/h4-7,9H,8H2,1-3H3,(H,20,21). The van der Waals surface area contributed by atoms with Crippen molar-refractivity contribution in [3.63, 3.8) is 0 Å². The molecule has 0 aliphatic rings. The highest BCUT2D eigenvalue weighted by molar-refractivity contribution is 5.92. The molecule has 0 saturated heterocycles. The van der Waals surface area contributed by atoms with Crippen LogP contribution in [0.4, 0.5) is 5.69 Å². The molecule has 118 valence electrons. The van der Waals surface area contributed by atoms with Crippen molar-refractivity contribution in [2.45, 2.75) is 20.8 Å². The molecule has 2 aromatic heterocycles. The average Bonchev–Trinajstić information content (AvgIpc) is 2.83. The van der Waals surface area contributed by atoms with Crippen LogP contribution in [-0.4, -0.2) is 22.5 Å². The predicted octanol–water partition coefficient (Wildman–Crippen LogP) is 3.17. The summed E-state index contributed by atoms with van der Waals surface area (Å²) >= 11 is 0. The average molecular weight is 311 g/mol. The fourth-order valence-electron chi connectivity index (χ4n) is 2.23. The summed E-state index contributed by atoms with van der Waals surface area (Å²) in [5, 5.41) is 3.48. The second-order valence-electron chi connectivity index (χ2n) is 5.35.